The maximum Gasteiger partial charge on any atom is 0.240 e. The van der Waals surface area contributed by atoms with E-state index in [1.165, 1.54) is 0 Å². The molecule has 1 aliphatic heterocycles. The van der Waals surface area contributed by atoms with Crippen molar-refractivity contribution in [1.82, 2.24) is 15.1 Å². The molecule has 0 radical (unpaired) electrons. The highest BCUT2D eigenvalue weighted by atomic mass is 35.5. The van der Waals surface area contributed by atoms with E-state index in [1.807, 2.05) is 48.0 Å². The molecular formula is C29H35ClN4O2S. The van der Waals surface area contributed by atoms with Gasteiger partial charge in [-0.05, 0) is 55.2 Å². The third kappa shape index (κ3) is 5.58. The molecule has 0 saturated heterocycles. The molecule has 1 aromatic heterocycles. The quantitative estimate of drug-likeness (QED) is 0.409. The first-order chi connectivity index (χ1) is 17.5. The average molecular weight is 539 g/mol. The van der Waals surface area contributed by atoms with Gasteiger partial charge in [-0.1, -0.05) is 63.6 Å². The SMILES string of the molecule is CCCNC(=O)CN1C(=O)CS[C@H](c2cccc(Cl)c2)c2c(C(C)(C)C)nn(-c3cccc(C)c3C)c21. The van der Waals surface area contributed by atoms with Gasteiger partial charge in [-0.15, -0.1) is 11.8 Å². The van der Waals surface area contributed by atoms with Gasteiger partial charge in [0.2, 0.25) is 11.8 Å². The molecular weight excluding hydrogens is 504 g/mol. The van der Waals surface area contributed by atoms with E-state index in [1.54, 1.807) is 16.7 Å². The Labute approximate surface area is 228 Å². The molecule has 8 heteroatoms. The van der Waals surface area contributed by atoms with Gasteiger partial charge in [-0.2, -0.15) is 5.10 Å². The van der Waals surface area contributed by atoms with Crippen LogP contribution < -0.4 is 10.2 Å². The van der Waals surface area contributed by atoms with Gasteiger partial charge >= 0.3 is 0 Å². The summed E-state index contributed by atoms with van der Waals surface area (Å²) in [5.74, 6) is 0.599. The summed E-state index contributed by atoms with van der Waals surface area (Å²) < 4.78 is 1.88. The highest BCUT2D eigenvalue weighted by Gasteiger charge is 2.40. The van der Waals surface area contributed by atoms with Crippen LogP contribution in [0.15, 0.2) is 42.5 Å². The van der Waals surface area contributed by atoms with E-state index in [-0.39, 0.29) is 34.8 Å². The number of aryl methyl sites for hydroxylation is 1. The van der Waals surface area contributed by atoms with Crippen LogP contribution >= 0.6 is 23.4 Å². The summed E-state index contributed by atoms with van der Waals surface area (Å²) in [4.78, 5) is 28.3. The Morgan fingerprint density at radius 2 is 1.92 bits per heavy atom. The van der Waals surface area contributed by atoms with Crippen molar-refractivity contribution < 1.29 is 9.59 Å². The maximum atomic E-state index is 13.7. The van der Waals surface area contributed by atoms with Crippen molar-refractivity contribution >= 4 is 41.0 Å². The maximum absolute atomic E-state index is 13.7. The molecule has 6 nitrogen and oxygen atoms in total. The second kappa shape index (κ2) is 10.9. The lowest BCUT2D eigenvalue weighted by Gasteiger charge is -2.25. The summed E-state index contributed by atoms with van der Waals surface area (Å²) in [5, 5.41) is 8.58. The first kappa shape index (κ1) is 27.3. The number of nitrogens with zero attached hydrogens (tertiary/aromatic N) is 3. The number of fused-ring (bicyclic) bond motifs is 1. The van der Waals surface area contributed by atoms with Gasteiger partial charge in [-0.3, -0.25) is 14.5 Å². The standard InChI is InChI=1S/C29H35ClN4O2S/c1-7-14-31-23(35)16-33-24(36)17-37-26(20-11-9-12-21(30)15-20)25-27(29(4,5)6)32-34(28(25)33)22-13-8-10-18(2)19(22)3/h8-13,15,26H,7,14,16-17H2,1-6H3,(H,31,35)/t26-/m1/s1. The molecule has 0 saturated carbocycles. The van der Waals surface area contributed by atoms with Crippen LogP contribution in [0.3, 0.4) is 0 Å². The molecule has 2 amide bonds. The van der Waals surface area contributed by atoms with E-state index in [0.717, 1.165) is 40.1 Å². The highest BCUT2D eigenvalue weighted by Crippen LogP contribution is 2.48. The Morgan fingerprint density at radius 1 is 1.19 bits per heavy atom. The number of hydrogen-bond acceptors (Lipinski definition) is 4. The lowest BCUT2D eigenvalue weighted by molar-refractivity contribution is -0.122. The first-order valence-corrected chi connectivity index (χ1v) is 14.1. The second-order valence-electron chi connectivity index (χ2n) is 10.5. The fourth-order valence-electron chi connectivity index (χ4n) is 4.60. The van der Waals surface area contributed by atoms with Crippen molar-refractivity contribution in [1.29, 1.82) is 0 Å². The smallest absolute Gasteiger partial charge is 0.240 e. The van der Waals surface area contributed by atoms with Gasteiger partial charge in [0.1, 0.15) is 12.4 Å². The number of thioether (sulfide) groups is 1. The van der Waals surface area contributed by atoms with E-state index in [2.05, 4.69) is 46.0 Å². The number of halogens is 1. The predicted molar refractivity (Wildman–Crippen MR) is 153 cm³/mol. The minimum atomic E-state index is -0.312. The Balaban J connectivity index is 2.04. The van der Waals surface area contributed by atoms with E-state index < -0.39 is 0 Å². The first-order valence-electron chi connectivity index (χ1n) is 12.7. The Kier molecular flexibility index (Phi) is 8.05. The van der Waals surface area contributed by atoms with Gasteiger partial charge in [0, 0.05) is 22.5 Å². The van der Waals surface area contributed by atoms with Crippen LogP contribution in [0.1, 0.15) is 67.3 Å². The Bertz CT molecular complexity index is 1330. The largest absolute Gasteiger partial charge is 0.355 e. The van der Waals surface area contributed by atoms with Gasteiger partial charge in [-0.25, -0.2) is 4.68 Å². The molecule has 3 aromatic rings. The molecule has 0 unspecified atom stereocenters. The number of rotatable bonds is 6. The van der Waals surface area contributed by atoms with Crippen LogP contribution in [-0.4, -0.2) is 40.4 Å². The molecule has 1 aliphatic rings. The van der Waals surface area contributed by atoms with E-state index in [0.29, 0.717) is 17.4 Å². The summed E-state index contributed by atoms with van der Waals surface area (Å²) in [6, 6.07) is 13.9. The van der Waals surface area contributed by atoms with Crippen molar-refractivity contribution in [2.45, 2.75) is 58.6 Å². The minimum Gasteiger partial charge on any atom is -0.355 e. The number of carbonyl (C=O) groups excluding carboxylic acids is 2. The second-order valence-corrected chi connectivity index (χ2v) is 12.1. The van der Waals surface area contributed by atoms with Crippen LogP contribution in [-0.2, 0) is 15.0 Å². The number of hydrogen-bond donors (Lipinski definition) is 1. The van der Waals surface area contributed by atoms with Crippen LogP contribution in [0, 0.1) is 13.8 Å². The zero-order chi connectivity index (χ0) is 26.9. The molecule has 2 aromatic carbocycles. The fraction of sp³-hybridized carbons (Fsp3) is 0.414. The number of benzene rings is 2. The number of amides is 2. The van der Waals surface area contributed by atoms with Gasteiger partial charge < -0.3 is 5.32 Å². The topological polar surface area (TPSA) is 67.2 Å². The van der Waals surface area contributed by atoms with Crippen LogP contribution in [0.2, 0.25) is 5.02 Å². The number of anilines is 1. The number of carbonyl (C=O) groups is 2. The lowest BCUT2D eigenvalue weighted by Crippen LogP contribution is -2.42. The van der Waals surface area contributed by atoms with Crippen molar-refractivity contribution in [3.63, 3.8) is 0 Å². The third-order valence-corrected chi connectivity index (χ3v) is 8.12. The van der Waals surface area contributed by atoms with Crippen LogP contribution in [0.4, 0.5) is 5.82 Å². The molecule has 0 bridgehead atoms. The van der Waals surface area contributed by atoms with Crippen molar-refractivity contribution in [2.75, 3.05) is 23.7 Å². The molecule has 1 N–H and O–H groups in total. The van der Waals surface area contributed by atoms with E-state index in [4.69, 9.17) is 16.7 Å². The molecule has 1 atom stereocenters. The molecule has 2 heterocycles. The summed E-state index contributed by atoms with van der Waals surface area (Å²) >= 11 is 7.97. The van der Waals surface area contributed by atoms with Crippen LogP contribution in [0.5, 0.6) is 0 Å². The molecule has 0 aliphatic carbocycles. The lowest BCUT2D eigenvalue weighted by atomic mass is 9.87. The van der Waals surface area contributed by atoms with Crippen molar-refractivity contribution in [3.8, 4) is 5.69 Å². The molecule has 4 rings (SSSR count). The predicted octanol–water partition coefficient (Wildman–Crippen LogP) is 6.14. The number of aromatic nitrogens is 2. The third-order valence-electron chi connectivity index (χ3n) is 6.63. The fourth-order valence-corrected chi connectivity index (χ4v) is 5.99. The summed E-state index contributed by atoms with van der Waals surface area (Å²) in [5.41, 5.74) is 5.65. The summed E-state index contributed by atoms with van der Waals surface area (Å²) in [7, 11) is 0. The van der Waals surface area contributed by atoms with E-state index in [9.17, 15) is 9.59 Å². The van der Waals surface area contributed by atoms with Crippen molar-refractivity contribution in [2.24, 2.45) is 0 Å². The zero-order valence-electron chi connectivity index (χ0n) is 22.4. The molecule has 196 valence electrons. The Morgan fingerprint density at radius 3 is 2.59 bits per heavy atom. The van der Waals surface area contributed by atoms with Crippen molar-refractivity contribution in [3.05, 3.63) is 75.4 Å². The van der Waals surface area contributed by atoms with Gasteiger partial charge in [0.15, 0.2) is 0 Å². The molecule has 0 fully saturated rings. The average Bonchev–Trinajstić information content (AvgIpc) is 3.17. The normalized spacial score (nSPS) is 15.9. The monoisotopic (exact) mass is 538 g/mol. The minimum absolute atomic E-state index is 0.0607. The molecule has 37 heavy (non-hydrogen) atoms. The summed E-state index contributed by atoms with van der Waals surface area (Å²) in [6.07, 6.45) is 0.826. The number of nitrogens with one attached hydrogen (secondary N) is 1. The van der Waals surface area contributed by atoms with Crippen LogP contribution in [0.25, 0.3) is 5.69 Å². The van der Waals surface area contributed by atoms with Gasteiger partial charge in [0.05, 0.1) is 22.4 Å². The highest BCUT2D eigenvalue weighted by molar-refractivity contribution is 8.00. The van der Waals surface area contributed by atoms with Gasteiger partial charge in [0.25, 0.3) is 0 Å². The van der Waals surface area contributed by atoms with E-state index >= 15 is 0 Å². The Hall–Kier alpha value is -2.77. The molecule has 0 spiro atoms. The summed E-state index contributed by atoms with van der Waals surface area (Å²) in [6.45, 7) is 13.0. The zero-order valence-corrected chi connectivity index (χ0v) is 24.0.